The third-order valence-corrected chi connectivity index (χ3v) is 5.61. The molecule has 2 aliphatic rings. The Balaban J connectivity index is 1.53. The molecule has 3 N–H and O–H groups in total. The van der Waals surface area contributed by atoms with Crippen LogP contribution in [0.5, 0.6) is 5.88 Å². The molecule has 0 radical (unpaired) electrons. The van der Waals surface area contributed by atoms with E-state index in [0.29, 0.717) is 56.6 Å². The van der Waals surface area contributed by atoms with Crippen LogP contribution in [0.25, 0.3) is 0 Å². The highest BCUT2D eigenvalue weighted by atomic mass is 16.5. The standard InChI is InChI=1S/C22H32N6O5/c1-3-33-19-7-6-16(14-24-19)17(13-20(30)31)28-12-11-27(22(28)32)10-4-5-18(29)26-21-23-9-8-15(2)25-21/h6-7,14-15,17H,3-5,8-13H2,1-2H3,(H,30,31)(H2,23,25,26,29)/t15?,17-/m1/s1. The van der Waals surface area contributed by atoms with Crippen molar-refractivity contribution < 1.29 is 24.2 Å². The number of guanidine groups is 1. The molecule has 3 rings (SSSR count). The van der Waals surface area contributed by atoms with Gasteiger partial charge < -0.3 is 25.0 Å². The van der Waals surface area contributed by atoms with Crippen LogP contribution in [-0.4, -0.2) is 82.6 Å². The molecule has 2 atom stereocenters. The lowest BCUT2D eigenvalue weighted by atomic mass is 10.0. The fourth-order valence-corrected chi connectivity index (χ4v) is 3.92. The molecule has 0 aliphatic carbocycles. The predicted molar refractivity (Wildman–Crippen MR) is 121 cm³/mol. The van der Waals surface area contributed by atoms with Crippen LogP contribution >= 0.6 is 0 Å². The summed E-state index contributed by atoms with van der Waals surface area (Å²) >= 11 is 0. The Hall–Kier alpha value is -3.37. The normalized spacial score (nSPS) is 19.0. The molecule has 0 saturated carbocycles. The summed E-state index contributed by atoms with van der Waals surface area (Å²) in [6.45, 7) is 6.36. The number of amides is 3. The predicted octanol–water partition coefficient (Wildman–Crippen LogP) is 1.37. The Morgan fingerprint density at radius 3 is 2.85 bits per heavy atom. The number of ether oxygens (including phenoxy) is 1. The second-order valence-electron chi connectivity index (χ2n) is 8.16. The van der Waals surface area contributed by atoms with Crippen molar-refractivity contribution in [3.8, 4) is 5.88 Å². The van der Waals surface area contributed by atoms with Crippen LogP contribution in [0.1, 0.15) is 51.1 Å². The number of carbonyl (C=O) groups is 3. The molecule has 0 aromatic carbocycles. The van der Waals surface area contributed by atoms with E-state index in [-0.39, 0.29) is 30.8 Å². The zero-order chi connectivity index (χ0) is 23.8. The second kappa shape index (κ2) is 11.5. The zero-order valence-electron chi connectivity index (χ0n) is 19.1. The summed E-state index contributed by atoms with van der Waals surface area (Å²) in [6, 6.07) is 2.84. The van der Waals surface area contributed by atoms with Crippen LogP contribution in [0, 0.1) is 0 Å². The van der Waals surface area contributed by atoms with E-state index in [0.717, 1.165) is 6.42 Å². The van der Waals surface area contributed by atoms with Gasteiger partial charge in [-0.15, -0.1) is 0 Å². The number of urea groups is 1. The van der Waals surface area contributed by atoms with Gasteiger partial charge in [-0.1, -0.05) is 6.07 Å². The molecule has 0 spiro atoms. The molecule has 1 saturated heterocycles. The summed E-state index contributed by atoms with van der Waals surface area (Å²) < 4.78 is 5.34. The van der Waals surface area contributed by atoms with Gasteiger partial charge in [-0.25, -0.2) is 9.78 Å². The molecule has 0 bridgehead atoms. The second-order valence-corrected chi connectivity index (χ2v) is 8.16. The topological polar surface area (TPSA) is 136 Å². The Morgan fingerprint density at radius 1 is 1.36 bits per heavy atom. The molecule has 1 fully saturated rings. The van der Waals surface area contributed by atoms with Gasteiger partial charge in [0.15, 0.2) is 5.96 Å². The third kappa shape index (κ3) is 6.80. The summed E-state index contributed by atoms with van der Waals surface area (Å²) in [6.07, 6.45) is 3.04. The van der Waals surface area contributed by atoms with Crippen LogP contribution in [0.3, 0.4) is 0 Å². The van der Waals surface area contributed by atoms with E-state index in [1.165, 1.54) is 0 Å². The SMILES string of the molecule is CCOc1ccc([C@@H](CC(=O)O)N2CCN(CCCC(=O)NC3=NCCC(C)N3)C2=O)cn1. The maximum atomic E-state index is 13.0. The van der Waals surface area contributed by atoms with Crippen LogP contribution in [0.15, 0.2) is 23.3 Å². The largest absolute Gasteiger partial charge is 0.481 e. The third-order valence-electron chi connectivity index (χ3n) is 5.61. The highest BCUT2D eigenvalue weighted by Gasteiger charge is 2.35. The van der Waals surface area contributed by atoms with Gasteiger partial charge in [-0.2, -0.15) is 0 Å². The number of pyridine rings is 1. The van der Waals surface area contributed by atoms with Gasteiger partial charge in [0.25, 0.3) is 0 Å². The van der Waals surface area contributed by atoms with Crippen LogP contribution in [0.4, 0.5) is 4.79 Å². The van der Waals surface area contributed by atoms with E-state index in [2.05, 4.69) is 20.6 Å². The summed E-state index contributed by atoms with van der Waals surface area (Å²) in [5.41, 5.74) is 0.644. The first-order valence-corrected chi connectivity index (χ1v) is 11.3. The molecule has 1 aromatic rings. The molecular formula is C22H32N6O5. The van der Waals surface area contributed by atoms with E-state index in [4.69, 9.17) is 4.74 Å². The molecule has 3 amide bonds. The molecule has 180 valence electrons. The van der Waals surface area contributed by atoms with Gasteiger partial charge in [0.1, 0.15) is 0 Å². The average molecular weight is 461 g/mol. The number of nitrogens with zero attached hydrogens (tertiary/aromatic N) is 4. The minimum atomic E-state index is -0.995. The smallest absolute Gasteiger partial charge is 0.320 e. The number of aliphatic imine (C=N–C) groups is 1. The first-order valence-electron chi connectivity index (χ1n) is 11.3. The van der Waals surface area contributed by atoms with E-state index in [1.54, 1.807) is 28.1 Å². The highest BCUT2D eigenvalue weighted by Crippen LogP contribution is 2.29. The molecule has 2 aliphatic heterocycles. The van der Waals surface area contributed by atoms with Gasteiger partial charge in [-0.3, -0.25) is 19.9 Å². The van der Waals surface area contributed by atoms with Gasteiger partial charge in [0.2, 0.25) is 11.8 Å². The Morgan fingerprint density at radius 2 is 2.18 bits per heavy atom. The van der Waals surface area contributed by atoms with E-state index >= 15 is 0 Å². The molecule has 11 heteroatoms. The fraction of sp³-hybridized carbons (Fsp3) is 0.591. The van der Waals surface area contributed by atoms with E-state index in [1.807, 2.05) is 13.8 Å². The summed E-state index contributed by atoms with van der Waals surface area (Å²) in [5, 5.41) is 15.3. The first-order chi connectivity index (χ1) is 15.9. The van der Waals surface area contributed by atoms with Crippen LogP contribution in [-0.2, 0) is 9.59 Å². The number of hydrogen-bond donors (Lipinski definition) is 3. The van der Waals surface area contributed by atoms with Gasteiger partial charge >= 0.3 is 12.0 Å². The number of aromatic nitrogens is 1. The molecular weight excluding hydrogens is 428 g/mol. The number of carboxylic acids is 1. The molecule has 11 nitrogen and oxygen atoms in total. The van der Waals surface area contributed by atoms with Crippen molar-refractivity contribution in [2.45, 2.75) is 51.6 Å². The molecule has 33 heavy (non-hydrogen) atoms. The minimum Gasteiger partial charge on any atom is -0.481 e. The van der Waals surface area contributed by atoms with E-state index in [9.17, 15) is 19.5 Å². The van der Waals surface area contributed by atoms with Crippen molar-refractivity contribution in [3.05, 3.63) is 23.9 Å². The Kier molecular flexibility index (Phi) is 8.45. The number of carboxylic acid groups (broad SMARTS) is 1. The summed E-state index contributed by atoms with van der Waals surface area (Å²) in [4.78, 5) is 48.3. The number of hydrogen-bond acceptors (Lipinski definition) is 7. The van der Waals surface area contributed by atoms with Crippen molar-refractivity contribution in [1.82, 2.24) is 25.4 Å². The average Bonchev–Trinajstić information content (AvgIpc) is 3.13. The van der Waals surface area contributed by atoms with Crippen molar-refractivity contribution in [1.29, 1.82) is 0 Å². The number of nitrogens with one attached hydrogen (secondary N) is 2. The lowest BCUT2D eigenvalue weighted by Gasteiger charge is -2.27. The monoisotopic (exact) mass is 460 g/mol. The number of rotatable bonds is 10. The van der Waals surface area contributed by atoms with Crippen molar-refractivity contribution in [2.75, 3.05) is 32.8 Å². The quantitative estimate of drug-likeness (QED) is 0.480. The summed E-state index contributed by atoms with van der Waals surface area (Å²) in [5.74, 6) is -0.192. The Labute approximate surface area is 193 Å². The molecule has 3 heterocycles. The van der Waals surface area contributed by atoms with Crippen LogP contribution < -0.4 is 15.4 Å². The van der Waals surface area contributed by atoms with Crippen molar-refractivity contribution >= 4 is 23.9 Å². The number of aliphatic carboxylic acids is 1. The van der Waals surface area contributed by atoms with Crippen molar-refractivity contribution in [3.63, 3.8) is 0 Å². The maximum absolute atomic E-state index is 13.0. The molecule has 1 aromatic heterocycles. The zero-order valence-corrected chi connectivity index (χ0v) is 19.1. The number of carbonyl (C=O) groups excluding carboxylic acids is 2. The lowest BCUT2D eigenvalue weighted by molar-refractivity contribution is -0.138. The lowest BCUT2D eigenvalue weighted by Crippen LogP contribution is -2.47. The fourth-order valence-electron chi connectivity index (χ4n) is 3.92. The van der Waals surface area contributed by atoms with Gasteiger partial charge in [0, 0.05) is 50.9 Å². The highest BCUT2D eigenvalue weighted by molar-refractivity contribution is 5.97. The first kappa shape index (κ1) is 24.3. The maximum Gasteiger partial charge on any atom is 0.320 e. The van der Waals surface area contributed by atoms with E-state index < -0.39 is 12.0 Å². The molecule has 1 unspecified atom stereocenters. The van der Waals surface area contributed by atoms with Crippen molar-refractivity contribution in [2.24, 2.45) is 4.99 Å². The summed E-state index contributed by atoms with van der Waals surface area (Å²) in [7, 11) is 0. The Bertz CT molecular complexity index is 875. The van der Waals surface area contributed by atoms with Gasteiger partial charge in [-0.05, 0) is 32.3 Å². The minimum absolute atomic E-state index is 0.150. The van der Waals surface area contributed by atoms with Gasteiger partial charge in [0.05, 0.1) is 19.1 Å². The van der Waals surface area contributed by atoms with Crippen LogP contribution in [0.2, 0.25) is 0 Å².